The van der Waals surface area contributed by atoms with Crippen molar-refractivity contribution in [2.45, 2.75) is 12.5 Å². The number of nitriles is 1. The number of allylic oxidation sites excluding steroid dienone is 1. The maximum absolute atomic E-state index is 13.2. The highest BCUT2D eigenvalue weighted by molar-refractivity contribution is 6.32. The van der Waals surface area contributed by atoms with Gasteiger partial charge < -0.3 is 19.9 Å². The molecule has 1 atom stereocenters. The van der Waals surface area contributed by atoms with Crippen molar-refractivity contribution >= 4 is 29.2 Å². The fraction of sp³-hybridized carbons (Fsp3) is 0.138. The molecular weight excluding hydrogens is 506 g/mol. The standard InChI is InChI=1S/C29H24ClN3O5/c1-36-28(34)25-24(19-10-4-3-5-11-19)21(16-31)27(32)33(26(25)29(35)37-2)20-12-8-9-18(15-20)17-38-23-14-7-6-13-22(23)30/h3-15,24H,17,32H2,1-2H3. The second-order valence-corrected chi connectivity index (χ2v) is 8.63. The summed E-state index contributed by atoms with van der Waals surface area (Å²) in [6.45, 7) is 0.161. The highest BCUT2D eigenvalue weighted by Crippen LogP contribution is 2.43. The molecule has 1 aliphatic heterocycles. The fourth-order valence-electron chi connectivity index (χ4n) is 4.29. The Morgan fingerprint density at radius 3 is 2.32 bits per heavy atom. The number of para-hydroxylation sites is 1. The SMILES string of the molecule is COC(=O)C1=C(C(=O)OC)N(c2cccc(COc3ccccc3Cl)c2)C(N)=C(C#N)C1c1ccccc1. The molecule has 192 valence electrons. The number of hydrogen-bond donors (Lipinski definition) is 1. The van der Waals surface area contributed by atoms with E-state index in [1.165, 1.54) is 19.1 Å². The number of nitrogens with zero attached hydrogens (tertiary/aromatic N) is 2. The molecule has 1 aliphatic rings. The van der Waals surface area contributed by atoms with Crippen molar-refractivity contribution < 1.29 is 23.8 Å². The van der Waals surface area contributed by atoms with Gasteiger partial charge in [-0.3, -0.25) is 4.90 Å². The predicted octanol–water partition coefficient (Wildman–Crippen LogP) is 4.82. The normalized spacial score (nSPS) is 15.1. The maximum atomic E-state index is 13.2. The molecule has 0 aliphatic carbocycles. The van der Waals surface area contributed by atoms with Crippen molar-refractivity contribution in [3.8, 4) is 11.8 Å². The van der Waals surface area contributed by atoms with E-state index in [2.05, 4.69) is 6.07 Å². The minimum Gasteiger partial charge on any atom is -0.487 e. The van der Waals surface area contributed by atoms with Crippen LogP contribution in [0.3, 0.4) is 0 Å². The van der Waals surface area contributed by atoms with Crippen LogP contribution in [-0.2, 0) is 25.7 Å². The van der Waals surface area contributed by atoms with E-state index >= 15 is 0 Å². The summed E-state index contributed by atoms with van der Waals surface area (Å²) in [5.41, 5.74) is 8.17. The lowest BCUT2D eigenvalue weighted by molar-refractivity contribution is -0.139. The Labute approximate surface area is 225 Å². The molecule has 38 heavy (non-hydrogen) atoms. The largest absolute Gasteiger partial charge is 0.487 e. The van der Waals surface area contributed by atoms with Crippen molar-refractivity contribution in [3.05, 3.63) is 118 Å². The quantitative estimate of drug-likeness (QED) is 0.433. The first kappa shape index (κ1) is 26.3. The number of rotatable bonds is 7. The lowest BCUT2D eigenvalue weighted by Gasteiger charge is -2.36. The van der Waals surface area contributed by atoms with Crippen LogP contribution >= 0.6 is 11.6 Å². The summed E-state index contributed by atoms with van der Waals surface area (Å²) in [4.78, 5) is 27.7. The Hall–Kier alpha value is -4.74. The van der Waals surface area contributed by atoms with Gasteiger partial charge in [-0.15, -0.1) is 0 Å². The number of esters is 2. The molecular formula is C29H24ClN3O5. The molecule has 0 bridgehead atoms. The number of benzene rings is 3. The Morgan fingerprint density at radius 1 is 0.974 bits per heavy atom. The van der Waals surface area contributed by atoms with E-state index < -0.39 is 17.9 Å². The summed E-state index contributed by atoms with van der Waals surface area (Å²) in [5, 5.41) is 10.6. The van der Waals surface area contributed by atoms with Gasteiger partial charge in [0.2, 0.25) is 0 Å². The van der Waals surface area contributed by atoms with Crippen LogP contribution in [0.1, 0.15) is 17.0 Å². The number of carbonyl (C=O) groups excluding carboxylic acids is 2. The number of anilines is 1. The third kappa shape index (κ3) is 5.05. The van der Waals surface area contributed by atoms with E-state index in [-0.39, 0.29) is 29.3 Å². The molecule has 0 spiro atoms. The van der Waals surface area contributed by atoms with Gasteiger partial charge >= 0.3 is 11.9 Å². The number of nitrogens with two attached hydrogens (primary N) is 1. The first-order valence-electron chi connectivity index (χ1n) is 11.5. The highest BCUT2D eigenvalue weighted by Gasteiger charge is 2.43. The average Bonchev–Trinajstić information content (AvgIpc) is 2.95. The number of halogens is 1. The van der Waals surface area contributed by atoms with Crippen molar-refractivity contribution in [2.75, 3.05) is 19.1 Å². The van der Waals surface area contributed by atoms with Gasteiger partial charge in [0.25, 0.3) is 0 Å². The smallest absolute Gasteiger partial charge is 0.355 e. The second kappa shape index (κ2) is 11.5. The van der Waals surface area contributed by atoms with E-state index in [4.69, 9.17) is 31.5 Å². The number of hydrogen-bond acceptors (Lipinski definition) is 8. The zero-order valence-electron chi connectivity index (χ0n) is 20.7. The summed E-state index contributed by atoms with van der Waals surface area (Å²) in [6.07, 6.45) is 0. The Balaban J connectivity index is 1.87. The molecule has 0 saturated carbocycles. The van der Waals surface area contributed by atoms with Gasteiger partial charge in [-0.2, -0.15) is 5.26 Å². The Bertz CT molecular complexity index is 1480. The number of carbonyl (C=O) groups is 2. The summed E-state index contributed by atoms with van der Waals surface area (Å²) >= 11 is 6.20. The summed E-state index contributed by atoms with van der Waals surface area (Å²) in [6, 6.07) is 25.0. The molecule has 9 heteroatoms. The molecule has 3 aromatic rings. The van der Waals surface area contributed by atoms with Gasteiger partial charge in [0, 0.05) is 5.69 Å². The van der Waals surface area contributed by atoms with Crippen LogP contribution < -0.4 is 15.4 Å². The Kier molecular flexibility index (Phi) is 8.00. The zero-order chi connectivity index (χ0) is 27.2. The minimum absolute atomic E-state index is 0.0152. The molecule has 0 amide bonds. The molecule has 2 N–H and O–H groups in total. The van der Waals surface area contributed by atoms with Crippen molar-refractivity contribution in [2.24, 2.45) is 5.73 Å². The van der Waals surface area contributed by atoms with Gasteiger partial charge in [0.05, 0.1) is 42.4 Å². The Morgan fingerprint density at radius 2 is 1.66 bits per heavy atom. The lowest BCUT2D eigenvalue weighted by Crippen LogP contribution is -2.40. The third-order valence-electron chi connectivity index (χ3n) is 6.01. The van der Waals surface area contributed by atoms with Crippen LogP contribution in [-0.4, -0.2) is 26.2 Å². The lowest BCUT2D eigenvalue weighted by atomic mass is 9.81. The molecule has 8 nitrogen and oxygen atoms in total. The van der Waals surface area contributed by atoms with Gasteiger partial charge in [0.1, 0.15) is 23.9 Å². The summed E-state index contributed by atoms with van der Waals surface area (Å²) in [7, 11) is 2.41. The maximum Gasteiger partial charge on any atom is 0.355 e. The number of ether oxygens (including phenoxy) is 3. The van der Waals surface area contributed by atoms with Crippen LogP contribution in [0.2, 0.25) is 5.02 Å². The first-order chi connectivity index (χ1) is 18.4. The summed E-state index contributed by atoms with van der Waals surface area (Å²) in [5.74, 6) is -2.05. The first-order valence-corrected chi connectivity index (χ1v) is 11.9. The molecule has 0 radical (unpaired) electrons. The number of methoxy groups -OCH3 is 2. The van der Waals surface area contributed by atoms with Gasteiger partial charge in [-0.25, -0.2) is 9.59 Å². The van der Waals surface area contributed by atoms with Crippen LogP contribution in [0, 0.1) is 11.3 Å². The van der Waals surface area contributed by atoms with E-state index in [0.717, 1.165) is 5.56 Å². The topological polar surface area (TPSA) is 115 Å². The van der Waals surface area contributed by atoms with E-state index in [0.29, 0.717) is 22.0 Å². The van der Waals surface area contributed by atoms with E-state index in [1.54, 1.807) is 66.7 Å². The van der Waals surface area contributed by atoms with Gasteiger partial charge in [-0.05, 0) is 35.4 Å². The highest BCUT2D eigenvalue weighted by atomic mass is 35.5. The van der Waals surface area contributed by atoms with Crippen LogP contribution in [0.25, 0.3) is 0 Å². The molecule has 1 unspecified atom stereocenters. The molecule has 0 aromatic heterocycles. The molecule has 0 fully saturated rings. The zero-order valence-corrected chi connectivity index (χ0v) is 21.4. The van der Waals surface area contributed by atoms with E-state index in [9.17, 15) is 14.9 Å². The van der Waals surface area contributed by atoms with Gasteiger partial charge in [-0.1, -0.05) is 66.2 Å². The average molecular weight is 530 g/mol. The molecule has 1 heterocycles. The second-order valence-electron chi connectivity index (χ2n) is 8.22. The van der Waals surface area contributed by atoms with Crippen molar-refractivity contribution in [3.63, 3.8) is 0 Å². The van der Waals surface area contributed by atoms with Crippen molar-refractivity contribution in [1.82, 2.24) is 0 Å². The molecule has 0 saturated heterocycles. The van der Waals surface area contributed by atoms with Crippen LogP contribution in [0.4, 0.5) is 5.69 Å². The predicted molar refractivity (Wildman–Crippen MR) is 142 cm³/mol. The van der Waals surface area contributed by atoms with Crippen molar-refractivity contribution in [1.29, 1.82) is 5.26 Å². The van der Waals surface area contributed by atoms with Crippen LogP contribution in [0.5, 0.6) is 5.75 Å². The third-order valence-corrected chi connectivity index (χ3v) is 6.32. The monoisotopic (exact) mass is 529 g/mol. The summed E-state index contributed by atoms with van der Waals surface area (Å²) < 4.78 is 16.0. The van der Waals surface area contributed by atoms with E-state index in [1.807, 2.05) is 12.1 Å². The van der Waals surface area contributed by atoms with Gasteiger partial charge in [0.15, 0.2) is 0 Å². The van der Waals surface area contributed by atoms with Crippen LogP contribution in [0.15, 0.2) is 102 Å². The molecule has 4 rings (SSSR count). The molecule has 3 aromatic carbocycles. The minimum atomic E-state index is -0.939. The fourth-order valence-corrected chi connectivity index (χ4v) is 4.48.